The third-order valence-corrected chi connectivity index (χ3v) is 3.16. The van der Waals surface area contributed by atoms with Crippen LogP contribution in [0.4, 0.5) is 0 Å². The topological polar surface area (TPSA) is 41.6 Å². The first kappa shape index (κ1) is 16.0. The van der Waals surface area contributed by atoms with E-state index in [9.17, 15) is 4.79 Å². The first-order valence-electron chi connectivity index (χ1n) is 6.38. The molecule has 1 atom stereocenters. The second kappa shape index (κ2) is 8.15. The van der Waals surface area contributed by atoms with Crippen LogP contribution in [-0.4, -0.2) is 50.2 Å². The van der Waals surface area contributed by atoms with Gasteiger partial charge in [0.25, 0.3) is 5.91 Å². The van der Waals surface area contributed by atoms with Crippen LogP contribution in [0.5, 0.6) is 0 Å². The Hall–Kier alpha value is -1.10. The van der Waals surface area contributed by atoms with Crippen molar-refractivity contribution in [2.45, 2.75) is 12.5 Å². The fourth-order valence-corrected chi connectivity index (χ4v) is 2.02. The van der Waals surface area contributed by atoms with E-state index >= 15 is 0 Å². The molecule has 0 aromatic heterocycles. The second-order valence-corrected chi connectivity index (χ2v) is 4.56. The molecular formula is C14H21ClN2O2. The Balaban J connectivity index is 0.00000180. The number of nitrogens with zero attached hydrogens (tertiary/aromatic N) is 1. The molecule has 1 N–H and O–H groups in total. The quantitative estimate of drug-likeness (QED) is 0.900. The number of rotatable bonds is 4. The number of carbonyl (C=O) groups is 1. The standard InChI is InChI=1S/C14H20N2O2.ClH/c1-16(9-7-12-5-3-2-4-6-12)14(17)13-11-15-8-10-18-13;/h2-6,13,15H,7-11H2,1H3;1H. The van der Waals surface area contributed by atoms with Crippen molar-refractivity contribution in [3.05, 3.63) is 35.9 Å². The summed E-state index contributed by atoms with van der Waals surface area (Å²) in [6.07, 6.45) is 0.558. The molecule has 0 aliphatic carbocycles. The molecule has 4 nitrogen and oxygen atoms in total. The summed E-state index contributed by atoms with van der Waals surface area (Å²) in [6.45, 7) is 2.79. The smallest absolute Gasteiger partial charge is 0.252 e. The third-order valence-electron chi connectivity index (χ3n) is 3.16. The summed E-state index contributed by atoms with van der Waals surface area (Å²) in [5, 5.41) is 3.17. The van der Waals surface area contributed by atoms with Crippen LogP contribution in [0.25, 0.3) is 0 Å². The van der Waals surface area contributed by atoms with Crippen molar-refractivity contribution in [2.24, 2.45) is 0 Å². The number of carbonyl (C=O) groups excluding carboxylic acids is 1. The van der Waals surface area contributed by atoms with Crippen molar-refractivity contribution in [1.82, 2.24) is 10.2 Å². The van der Waals surface area contributed by atoms with E-state index in [1.807, 2.05) is 25.2 Å². The molecule has 1 aliphatic rings. The van der Waals surface area contributed by atoms with E-state index < -0.39 is 0 Å². The van der Waals surface area contributed by atoms with Crippen LogP contribution in [0, 0.1) is 0 Å². The average molecular weight is 285 g/mol. The van der Waals surface area contributed by atoms with Crippen LogP contribution in [0.1, 0.15) is 5.56 Å². The lowest BCUT2D eigenvalue weighted by atomic mass is 10.1. The molecule has 1 unspecified atom stereocenters. The van der Waals surface area contributed by atoms with Crippen LogP contribution in [0.3, 0.4) is 0 Å². The van der Waals surface area contributed by atoms with E-state index in [2.05, 4.69) is 17.4 Å². The molecule has 1 aliphatic heterocycles. The summed E-state index contributed by atoms with van der Waals surface area (Å²) in [5.74, 6) is 0.0677. The van der Waals surface area contributed by atoms with E-state index in [0.29, 0.717) is 13.2 Å². The van der Waals surface area contributed by atoms with E-state index in [1.54, 1.807) is 4.90 Å². The SMILES string of the molecule is CN(CCc1ccccc1)C(=O)C1CNCCO1.Cl. The van der Waals surface area contributed by atoms with Gasteiger partial charge in [0.2, 0.25) is 0 Å². The van der Waals surface area contributed by atoms with Gasteiger partial charge in [0.05, 0.1) is 6.61 Å². The van der Waals surface area contributed by atoms with Gasteiger partial charge in [-0.2, -0.15) is 0 Å². The second-order valence-electron chi connectivity index (χ2n) is 4.56. The van der Waals surface area contributed by atoms with Crippen LogP contribution in [-0.2, 0) is 16.0 Å². The number of nitrogens with one attached hydrogen (secondary N) is 1. The maximum atomic E-state index is 12.1. The highest BCUT2D eigenvalue weighted by Crippen LogP contribution is 2.04. The fraction of sp³-hybridized carbons (Fsp3) is 0.500. The van der Waals surface area contributed by atoms with Crippen molar-refractivity contribution in [3.8, 4) is 0 Å². The monoisotopic (exact) mass is 284 g/mol. The van der Waals surface area contributed by atoms with Crippen LogP contribution < -0.4 is 5.32 Å². The van der Waals surface area contributed by atoms with E-state index in [4.69, 9.17) is 4.74 Å². The molecule has 0 bridgehead atoms. The Labute approximate surface area is 120 Å². The van der Waals surface area contributed by atoms with Crippen molar-refractivity contribution >= 4 is 18.3 Å². The van der Waals surface area contributed by atoms with Gasteiger partial charge in [0, 0.05) is 26.7 Å². The van der Waals surface area contributed by atoms with Gasteiger partial charge in [0.1, 0.15) is 6.10 Å². The summed E-state index contributed by atoms with van der Waals surface area (Å²) >= 11 is 0. The highest BCUT2D eigenvalue weighted by atomic mass is 35.5. The Morgan fingerprint density at radius 1 is 1.42 bits per heavy atom. The highest BCUT2D eigenvalue weighted by molar-refractivity contribution is 5.85. The fourth-order valence-electron chi connectivity index (χ4n) is 2.02. The van der Waals surface area contributed by atoms with Gasteiger partial charge >= 0.3 is 0 Å². The van der Waals surface area contributed by atoms with Gasteiger partial charge in [-0.15, -0.1) is 12.4 Å². The molecule has 1 aromatic carbocycles. The molecule has 1 aromatic rings. The minimum atomic E-state index is -0.320. The van der Waals surface area contributed by atoms with Gasteiger partial charge in [-0.25, -0.2) is 0 Å². The van der Waals surface area contributed by atoms with Gasteiger partial charge in [-0.1, -0.05) is 30.3 Å². The lowest BCUT2D eigenvalue weighted by Gasteiger charge is -2.27. The molecule has 19 heavy (non-hydrogen) atoms. The number of likely N-dealkylation sites (N-methyl/N-ethyl adjacent to an activating group) is 1. The molecule has 0 spiro atoms. The number of halogens is 1. The number of benzene rings is 1. The molecule has 1 amide bonds. The number of amides is 1. The van der Waals surface area contributed by atoms with Gasteiger partial charge in [-0.05, 0) is 12.0 Å². The number of hydrogen-bond donors (Lipinski definition) is 1. The van der Waals surface area contributed by atoms with Crippen LogP contribution in [0.2, 0.25) is 0 Å². The zero-order chi connectivity index (χ0) is 12.8. The molecular weight excluding hydrogens is 264 g/mol. The van der Waals surface area contributed by atoms with Gasteiger partial charge in [-0.3, -0.25) is 4.79 Å². The summed E-state index contributed by atoms with van der Waals surface area (Å²) in [6, 6.07) is 10.2. The number of ether oxygens (including phenoxy) is 1. The largest absolute Gasteiger partial charge is 0.366 e. The third kappa shape index (κ3) is 4.82. The zero-order valence-electron chi connectivity index (χ0n) is 11.2. The maximum Gasteiger partial charge on any atom is 0.252 e. The molecule has 0 saturated carbocycles. The molecule has 1 saturated heterocycles. The lowest BCUT2D eigenvalue weighted by Crippen LogP contribution is -2.48. The van der Waals surface area contributed by atoms with E-state index in [1.165, 1.54) is 5.56 Å². The van der Waals surface area contributed by atoms with E-state index in [-0.39, 0.29) is 24.4 Å². The molecule has 0 radical (unpaired) electrons. The maximum absolute atomic E-state index is 12.1. The Bertz CT molecular complexity index is 380. The minimum Gasteiger partial charge on any atom is -0.366 e. The first-order valence-corrected chi connectivity index (χ1v) is 6.38. The summed E-state index contributed by atoms with van der Waals surface area (Å²) in [7, 11) is 1.84. The predicted molar refractivity (Wildman–Crippen MR) is 77.6 cm³/mol. The first-order chi connectivity index (χ1) is 8.77. The average Bonchev–Trinajstić information content (AvgIpc) is 2.46. The lowest BCUT2D eigenvalue weighted by molar-refractivity contribution is -0.143. The number of hydrogen-bond acceptors (Lipinski definition) is 3. The highest BCUT2D eigenvalue weighted by Gasteiger charge is 2.24. The molecule has 106 valence electrons. The Kier molecular flexibility index (Phi) is 6.84. The predicted octanol–water partition coefficient (Wildman–Crippen LogP) is 1.10. The van der Waals surface area contributed by atoms with Crippen molar-refractivity contribution in [1.29, 1.82) is 0 Å². The Morgan fingerprint density at radius 2 is 2.16 bits per heavy atom. The van der Waals surface area contributed by atoms with Crippen molar-refractivity contribution in [3.63, 3.8) is 0 Å². The van der Waals surface area contributed by atoms with Gasteiger partial charge in [0.15, 0.2) is 0 Å². The molecule has 2 rings (SSSR count). The molecule has 1 heterocycles. The van der Waals surface area contributed by atoms with Crippen LogP contribution in [0.15, 0.2) is 30.3 Å². The Morgan fingerprint density at radius 3 is 2.79 bits per heavy atom. The minimum absolute atomic E-state index is 0. The molecule has 1 fully saturated rings. The van der Waals surface area contributed by atoms with Crippen molar-refractivity contribution < 1.29 is 9.53 Å². The van der Waals surface area contributed by atoms with Gasteiger partial charge < -0.3 is 15.0 Å². The van der Waals surface area contributed by atoms with Crippen LogP contribution >= 0.6 is 12.4 Å². The normalized spacial score (nSPS) is 18.5. The number of morpholine rings is 1. The summed E-state index contributed by atoms with van der Waals surface area (Å²) in [4.78, 5) is 13.8. The molecule has 5 heteroatoms. The summed E-state index contributed by atoms with van der Waals surface area (Å²) in [5.41, 5.74) is 1.25. The summed E-state index contributed by atoms with van der Waals surface area (Å²) < 4.78 is 5.46. The zero-order valence-corrected chi connectivity index (χ0v) is 12.0. The van der Waals surface area contributed by atoms with E-state index in [0.717, 1.165) is 19.5 Å². The van der Waals surface area contributed by atoms with Crippen molar-refractivity contribution in [2.75, 3.05) is 33.3 Å².